The van der Waals surface area contributed by atoms with Crippen molar-refractivity contribution in [3.05, 3.63) is 0 Å². The summed E-state index contributed by atoms with van der Waals surface area (Å²) in [5, 5.41) is 7.36. The highest BCUT2D eigenvalue weighted by Crippen LogP contribution is 2.49. The van der Waals surface area contributed by atoms with Crippen molar-refractivity contribution in [1.29, 1.82) is 5.41 Å². The van der Waals surface area contributed by atoms with Crippen LogP contribution in [0.3, 0.4) is 0 Å². The Hall–Kier alpha value is -0.570. The first-order chi connectivity index (χ1) is 7.08. The molecular formula is C12H25N3. The Kier molecular flexibility index (Phi) is 4.58. The normalized spacial score (nSPS) is 18.1. The second-order valence-electron chi connectivity index (χ2n) is 5.15. The first kappa shape index (κ1) is 12.5. The van der Waals surface area contributed by atoms with Crippen LogP contribution in [0, 0.1) is 10.8 Å². The Bertz CT molecular complexity index is 209. The molecule has 3 heteroatoms. The maximum Gasteiger partial charge on any atom is 0.0911 e. The van der Waals surface area contributed by atoms with Crippen LogP contribution in [0.5, 0.6) is 0 Å². The molecule has 0 aromatic rings. The molecule has 0 bridgehead atoms. The van der Waals surface area contributed by atoms with Gasteiger partial charge in [-0.1, -0.05) is 19.8 Å². The van der Waals surface area contributed by atoms with Crippen molar-refractivity contribution >= 4 is 5.84 Å². The molecule has 0 amide bonds. The van der Waals surface area contributed by atoms with Gasteiger partial charge in [-0.25, -0.2) is 0 Å². The molecule has 3 nitrogen and oxygen atoms in total. The average molecular weight is 211 g/mol. The number of hydrogen-bond acceptors (Lipinski definition) is 2. The largest absolute Gasteiger partial charge is 0.388 e. The number of hydrogen-bond donors (Lipinski definition) is 2. The zero-order chi connectivity index (χ0) is 11.3. The van der Waals surface area contributed by atoms with Gasteiger partial charge in [-0.05, 0) is 38.3 Å². The van der Waals surface area contributed by atoms with E-state index in [1.165, 1.54) is 38.6 Å². The first-order valence-corrected chi connectivity index (χ1v) is 6.09. The SMILES string of the molecule is CCCCCN(C)CC1(CC(=N)N)CC1. The highest BCUT2D eigenvalue weighted by Gasteiger charge is 2.43. The molecule has 0 aliphatic heterocycles. The van der Waals surface area contributed by atoms with Gasteiger partial charge < -0.3 is 10.6 Å². The molecule has 15 heavy (non-hydrogen) atoms. The molecule has 1 aliphatic rings. The van der Waals surface area contributed by atoms with Crippen LogP contribution in [0.2, 0.25) is 0 Å². The van der Waals surface area contributed by atoms with Gasteiger partial charge in [0.2, 0.25) is 0 Å². The molecule has 0 heterocycles. The molecule has 0 aromatic heterocycles. The van der Waals surface area contributed by atoms with E-state index in [4.69, 9.17) is 11.1 Å². The Morgan fingerprint density at radius 3 is 2.53 bits per heavy atom. The maximum atomic E-state index is 7.36. The Balaban J connectivity index is 2.19. The third kappa shape index (κ3) is 4.65. The summed E-state index contributed by atoms with van der Waals surface area (Å²) in [4.78, 5) is 2.41. The van der Waals surface area contributed by atoms with Gasteiger partial charge in [0.05, 0.1) is 5.84 Å². The number of nitrogens with one attached hydrogen (secondary N) is 1. The van der Waals surface area contributed by atoms with Crippen molar-refractivity contribution in [2.45, 2.75) is 45.4 Å². The van der Waals surface area contributed by atoms with Crippen molar-refractivity contribution in [2.24, 2.45) is 11.1 Å². The van der Waals surface area contributed by atoms with Crippen LogP contribution in [0.1, 0.15) is 45.4 Å². The first-order valence-electron chi connectivity index (χ1n) is 6.09. The van der Waals surface area contributed by atoms with E-state index in [0.717, 1.165) is 13.0 Å². The molecule has 1 saturated carbocycles. The zero-order valence-corrected chi connectivity index (χ0v) is 10.2. The third-order valence-electron chi connectivity index (χ3n) is 3.27. The number of unbranched alkanes of at least 4 members (excludes halogenated alkanes) is 2. The van der Waals surface area contributed by atoms with Gasteiger partial charge in [0.25, 0.3) is 0 Å². The Morgan fingerprint density at radius 1 is 1.40 bits per heavy atom. The second-order valence-corrected chi connectivity index (χ2v) is 5.15. The Labute approximate surface area is 93.5 Å². The molecule has 1 aliphatic carbocycles. The van der Waals surface area contributed by atoms with Crippen LogP contribution < -0.4 is 5.73 Å². The predicted octanol–water partition coefficient (Wildman–Crippen LogP) is 2.21. The number of rotatable bonds is 8. The molecule has 0 spiro atoms. The minimum atomic E-state index is 0.356. The lowest BCUT2D eigenvalue weighted by Gasteiger charge is -2.23. The summed E-state index contributed by atoms with van der Waals surface area (Å²) in [6, 6.07) is 0. The van der Waals surface area contributed by atoms with E-state index in [9.17, 15) is 0 Å². The monoisotopic (exact) mass is 211 g/mol. The molecule has 0 saturated heterocycles. The number of nitrogens with zero attached hydrogens (tertiary/aromatic N) is 1. The molecule has 1 rings (SSSR count). The molecule has 0 aromatic carbocycles. The van der Waals surface area contributed by atoms with Crippen LogP contribution >= 0.6 is 0 Å². The van der Waals surface area contributed by atoms with Gasteiger partial charge in [0.1, 0.15) is 0 Å². The number of amidine groups is 1. The summed E-state index contributed by atoms with van der Waals surface area (Å²) in [7, 11) is 2.19. The van der Waals surface area contributed by atoms with E-state index in [0.29, 0.717) is 11.3 Å². The molecule has 0 unspecified atom stereocenters. The molecular weight excluding hydrogens is 186 g/mol. The minimum absolute atomic E-state index is 0.356. The lowest BCUT2D eigenvalue weighted by molar-refractivity contribution is 0.261. The lowest BCUT2D eigenvalue weighted by atomic mass is 10.0. The lowest BCUT2D eigenvalue weighted by Crippen LogP contribution is -2.30. The third-order valence-corrected chi connectivity index (χ3v) is 3.27. The van der Waals surface area contributed by atoms with Gasteiger partial charge in [-0.2, -0.15) is 0 Å². The van der Waals surface area contributed by atoms with E-state index in [2.05, 4.69) is 18.9 Å². The fourth-order valence-corrected chi connectivity index (χ4v) is 2.25. The molecule has 1 fully saturated rings. The van der Waals surface area contributed by atoms with Crippen molar-refractivity contribution in [1.82, 2.24) is 4.90 Å². The number of nitrogens with two attached hydrogens (primary N) is 1. The van der Waals surface area contributed by atoms with Crippen LogP contribution in [0.4, 0.5) is 0 Å². The van der Waals surface area contributed by atoms with Gasteiger partial charge in [0, 0.05) is 13.0 Å². The van der Waals surface area contributed by atoms with Crippen LogP contribution in [-0.4, -0.2) is 30.9 Å². The second kappa shape index (κ2) is 5.50. The molecule has 88 valence electrons. The highest BCUT2D eigenvalue weighted by atomic mass is 15.1. The predicted molar refractivity (Wildman–Crippen MR) is 65.2 cm³/mol. The fraction of sp³-hybridized carbons (Fsp3) is 0.917. The topological polar surface area (TPSA) is 53.1 Å². The minimum Gasteiger partial charge on any atom is -0.388 e. The maximum absolute atomic E-state index is 7.36. The van der Waals surface area contributed by atoms with E-state index in [-0.39, 0.29) is 0 Å². The summed E-state index contributed by atoms with van der Waals surface area (Å²) < 4.78 is 0. The van der Waals surface area contributed by atoms with Crippen molar-refractivity contribution in [2.75, 3.05) is 20.1 Å². The van der Waals surface area contributed by atoms with E-state index in [1.807, 2.05) is 0 Å². The average Bonchev–Trinajstić information content (AvgIpc) is 2.83. The van der Waals surface area contributed by atoms with Gasteiger partial charge in [0.15, 0.2) is 0 Å². The van der Waals surface area contributed by atoms with Crippen molar-refractivity contribution < 1.29 is 0 Å². The van der Waals surface area contributed by atoms with Crippen molar-refractivity contribution in [3.8, 4) is 0 Å². The standard InChI is InChI=1S/C12H25N3/c1-3-4-5-8-15(2)10-12(6-7-12)9-11(13)14/h3-10H2,1-2H3,(H3,13,14). The van der Waals surface area contributed by atoms with Gasteiger partial charge in [-0.3, -0.25) is 5.41 Å². The van der Waals surface area contributed by atoms with Crippen LogP contribution in [0.15, 0.2) is 0 Å². The molecule has 0 radical (unpaired) electrons. The Morgan fingerprint density at radius 2 is 2.07 bits per heavy atom. The zero-order valence-electron chi connectivity index (χ0n) is 10.2. The van der Waals surface area contributed by atoms with Crippen LogP contribution in [0.25, 0.3) is 0 Å². The summed E-state index contributed by atoms with van der Waals surface area (Å²) in [5.74, 6) is 0.356. The summed E-state index contributed by atoms with van der Waals surface area (Å²) in [6.45, 7) is 4.54. The fourth-order valence-electron chi connectivity index (χ4n) is 2.25. The smallest absolute Gasteiger partial charge is 0.0911 e. The quantitative estimate of drug-likeness (QED) is 0.367. The van der Waals surface area contributed by atoms with E-state index >= 15 is 0 Å². The molecule has 3 N–H and O–H groups in total. The molecule has 0 atom stereocenters. The van der Waals surface area contributed by atoms with Gasteiger partial charge >= 0.3 is 0 Å². The summed E-state index contributed by atoms with van der Waals surface area (Å²) >= 11 is 0. The van der Waals surface area contributed by atoms with Crippen molar-refractivity contribution in [3.63, 3.8) is 0 Å². The van der Waals surface area contributed by atoms with E-state index in [1.54, 1.807) is 0 Å². The van der Waals surface area contributed by atoms with Gasteiger partial charge in [-0.15, -0.1) is 0 Å². The highest BCUT2D eigenvalue weighted by molar-refractivity contribution is 5.78. The summed E-state index contributed by atoms with van der Waals surface area (Å²) in [6.07, 6.45) is 7.21. The summed E-state index contributed by atoms with van der Waals surface area (Å²) in [5.41, 5.74) is 5.85. The van der Waals surface area contributed by atoms with Crippen LogP contribution in [-0.2, 0) is 0 Å². The van der Waals surface area contributed by atoms with E-state index < -0.39 is 0 Å².